The topological polar surface area (TPSA) is 86.3 Å². The second-order valence-corrected chi connectivity index (χ2v) is 8.59. The van der Waals surface area contributed by atoms with Gasteiger partial charge in [-0.15, -0.1) is 0 Å². The number of amides is 1. The van der Waals surface area contributed by atoms with Crippen LogP contribution in [0.3, 0.4) is 0 Å². The van der Waals surface area contributed by atoms with E-state index in [1.165, 1.54) is 0 Å². The predicted molar refractivity (Wildman–Crippen MR) is 124 cm³/mol. The molecule has 1 saturated heterocycles. The molecule has 1 aliphatic heterocycles. The van der Waals surface area contributed by atoms with Crippen LogP contribution in [0.5, 0.6) is 5.75 Å². The Morgan fingerprint density at radius 2 is 2.06 bits per heavy atom. The van der Waals surface area contributed by atoms with Gasteiger partial charge < -0.3 is 18.7 Å². The van der Waals surface area contributed by atoms with Crippen LogP contribution in [0.25, 0.3) is 22.4 Å². The summed E-state index contributed by atoms with van der Waals surface area (Å²) in [5.74, 6) is 1.67. The summed E-state index contributed by atoms with van der Waals surface area (Å²) in [6, 6.07) is 13.0. The fraction of sp³-hybridized carbons (Fsp3) is 0.333. The molecule has 8 nitrogen and oxygen atoms in total. The molecule has 33 heavy (non-hydrogen) atoms. The van der Waals surface area contributed by atoms with Crippen LogP contribution in [0.4, 0.5) is 0 Å². The maximum Gasteiger partial charge on any atom is 0.267 e. The summed E-state index contributed by atoms with van der Waals surface area (Å²) >= 11 is 6.01. The molecule has 0 aliphatic carbocycles. The van der Waals surface area contributed by atoms with E-state index in [9.17, 15) is 4.79 Å². The normalized spacial score (nSPS) is 14.7. The van der Waals surface area contributed by atoms with Crippen LogP contribution in [-0.4, -0.2) is 43.6 Å². The summed E-state index contributed by atoms with van der Waals surface area (Å²) in [6.45, 7) is 4.20. The third-order valence-electron chi connectivity index (χ3n) is 5.80. The highest BCUT2D eigenvalue weighted by atomic mass is 35.5. The lowest BCUT2D eigenvalue weighted by molar-refractivity contribution is -0.130. The number of carbonyl (C=O) groups is 1. The van der Waals surface area contributed by atoms with Crippen molar-refractivity contribution in [1.82, 2.24) is 24.6 Å². The maximum absolute atomic E-state index is 12.4. The standard InChI is InChI=1S/C24H24ClN5O3/c1-16(32-19-6-4-5-18(25)14-19)24-27-23(28-33-24)17-7-8-21-20(13-17)26-15-30(21)12-9-22(31)29-10-2-3-11-29/h4-8,13-16H,2-3,9-12H2,1H3/t16-/m1/s1. The van der Waals surface area contributed by atoms with E-state index in [0.29, 0.717) is 35.5 Å². The quantitative estimate of drug-likeness (QED) is 0.386. The summed E-state index contributed by atoms with van der Waals surface area (Å²) in [5.41, 5.74) is 2.58. The van der Waals surface area contributed by atoms with E-state index in [2.05, 4.69) is 15.1 Å². The smallest absolute Gasteiger partial charge is 0.267 e. The Balaban J connectivity index is 1.27. The van der Waals surface area contributed by atoms with Gasteiger partial charge in [0, 0.05) is 36.6 Å². The van der Waals surface area contributed by atoms with Crippen molar-refractivity contribution in [3.05, 3.63) is 59.7 Å². The van der Waals surface area contributed by atoms with E-state index >= 15 is 0 Å². The zero-order valence-corrected chi connectivity index (χ0v) is 19.0. The molecule has 5 rings (SSSR count). The summed E-state index contributed by atoms with van der Waals surface area (Å²) < 4.78 is 13.3. The Labute approximate surface area is 196 Å². The van der Waals surface area contributed by atoms with Gasteiger partial charge >= 0.3 is 0 Å². The van der Waals surface area contributed by atoms with Crippen LogP contribution >= 0.6 is 11.6 Å². The number of aromatic nitrogens is 4. The van der Waals surface area contributed by atoms with Gasteiger partial charge in [-0.3, -0.25) is 4.79 Å². The summed E-state index contributed by atoms with van der Waals surface area (Å²) in [6.07, 6.45) is 4.03. The molecule has 0 spiro atoms. The van der Waals surface area contributed by atoms with E-state index in [0.717, 1.165) is 42.5 Å². The van der Waals surface area contributed by atoms with Crippen LogP contribution in [0.1, 0.15) is 38.2 Å². The fourth-order valence-electron chi connectivity index (χ4n) is 4.03. The fourth-order valence-corrected chi connectivity index (χ4v) is 4.21. The molecular weight excluding hydrogens is 442 g/mol. The highest BCUT2D eigenvalue weighted by Gasteiger charge is 2.19. The molecule has 1 atom stereocenters. The molecule has 170 valence electrons. The lowest BCUT2D eigenvalue weighted by Crippen LogP contribution is -2.28. The minimum Gasteiger partial charge on any atom is -0.481 e. The van der Waals surface area contributed by atoms with Gasteiger partial charge in [-0.05, 0) is 56.2 Å². The van der Waals surface area contributed by atoms with Crippen molar-refractivity contribution in [2.24, 2.45) is 0 Å². The minimum absolute atomic E-state index is 0.208. The van der Waals surface area contributed by atoms with Gasteiger partial charge in [-0.1, -0.05) is 22.8 Å². The van der Waals surface area contributed by atoms with Gasteiger partial charge in [0.05, 0.1) is 17.4 Å². The van der Waals surface area contributed by atoms with Crippen LogP contribution in [0.15, 0.2) is 53.3 Å². The molecule has 3 heterocycles. The van der Waals surface area contributed by atoms with Crippen LogP contribution in [0.2, 0.25) is 5.02 Å². The minimum atomic E-state index is -0.430. The summed E-state index contributed by atoms with van der Waals surface area (Å²) in [7, 11) is 0. The molecular formula is C24H24ClN5O3. The number of carbonyl (C=O) groups excluding carboxylic acids is 1. The van der Waals surface area contributed by atoms with E-state index in [1.807, 2.05) is 46.7 Å². The van der Waals surface area contributed by atoms with Crippen molar-refractivity contribution in [2.75, 3.05) is 13.1 Å². The first kappa shape index (κ1) is 21.5. The number of aryl methyl sites for hydroxylation is 1. The van der Waals surface area contributed by atoms with Gasteiger partial charge in [-0.2, -0.15) is 4.98 Å². The number of imidazole rings is 1. The highest BCUT2D eigenvalue weighted by Crippen LogP contribution is 2.26. The zero-order valence-electron chi connectivity index (χ0n) is 18.3. The lowest BCUT2D eigenvalue weighted by atomic mass is 10.2. The van der Waals surface area contributed by atoms with Crippen LogP contribution in [-0.2, 0) is 11.3 Å². The molecule has 0 unspecified atom stereocenters. The Kier molecular flexibility index (Phi) is 6.00. The van der Waals surface area contributed by atoms with Gasteiger partial charge in [0.25, 0.3) is 5.89 Å². The van der Waals surface area contributed by atoms with Crippen LogP contribution < -0.4 is 4.74 Å². The third kappa shape index (κ3) is 4.71. The van der Waals surface area contributed by atoms with Crippen molar-refractivity contribution in [1.29, 1.82) is 0 Å². The largest absolute Gasteiger partial charge is 0.481 e. The molecule has 0 N–H and O–H groups in total. The summed E-state index contributed by atoms with van der Waals surface area (Å²) in [4.78, 5) is 23.3. The monoisotopic (exact) mass is 465 g/mol. The predicted octanol–water partition coefficient (Wildman–Crippen LogP) is 4.89. The van der Waals surface area contributed by atoms with Crippen molar-refractivity contribution in [3.8, 4) is 17.1 Å². The first-order valence-corrected chi connectivity index (χ1v) is 11.4. The molecule has 0 saturated carbocycles. The van der Waals surface area contributed by atoms with Crippen molar-refractivity contribution < 1.29 is 14.1 Å². The number of halogens is 1. The molecule has 1 fully saturated rings. The van der Waals surface area contributed by atoms with E-state index in [4.69, 9.17) is 20.9 Å². The molecule has 0 bridgehead atoms. The second kappa shape index (κ2) is 9.23. The van der Waals surface area contributed by atoms with Gasteiger partial charge in [-0.25, -0.2) is 4.98 Å². The van der Waals surface area contributed by atoms with Crippen molar-refractivity contribution in [2.45, 2.75) is 38.8 Å². The summed E-state index contributed by atoms with van der Waals surface area (Å²) in [5, 5.41) is 4.70. The number of nitrogens with zero attached hydrogens (tertiary/aromatic N) is 5. The Morgan fingerprint density at radius 1 is 1.21 bits per heavy atom. The Bertz CT molecular complexity index is 1280. The Morgan fingerprint density at radius 3 is 2.88 bits per heavy atom. The number of likely N-dealkylation sites (tertiary alicyclic amines) is 1. The lowest BCUT2D eigenvalue weighted by Gasteiger charge is -2.15. The van der Waals surface area contributed by atoms with E-state index < -0.39 is 6.10 Å². The molecule has 9 heteroatoms. The third-order valence-corrected chi connectivity index (χ3v) is 6.04. The zero-order chi connectivity index (χ0) is 22.8. The van der Waals surface area contributed by atoms with Gasteiger partial charge in [0.2, 0.25) is 11.7 Å². The average Bonchev–Trinajstić information content (AvgIpc) is 3.58. The number of ether oxygens (including phenoxy) is 1. The first-order valence-electron chi connectivity index (χ1n) is 11.1. The highest BCUT2D eigenvalue weighted by molar-refractivity contribution is 6.30. The molecule has 2 aromatic carbocycles. The number of fused-ring (bicyclic) bond motifs is 1. The van der Waals surface area contributed by atoms with Gasteiger partial charge in [0.15, 0.2) is 6.10 Å². The van der Waals surface area contributed by atoms with Crippen LogP contribution in [0, 0.1) is 0 Å². The maximum atomic E-state index is 12.4. The van der Waals surface area contributed by atoms with Gasteiger partial charge in [0.1, 0.15) is 5.75 Å². The van der Waals surface area contributed by atoms with E-state index in [1.54, 1.807) is 18.5 Å². The average molecular weight is 466 g/mol. The SMILES string of the molecule is C[C@@H](Oc1cccc(Cl)c1)c1nc(-c2ccc3c(c2)ncn3CCC(=O)N2CCCC2)no1. The van der Waals surface area contributed by atoms with Crippen molar-refractivity contribution >= 4 is 28.5 Å². The number of hydrogen-bond donors (Lipinski definition) is 0. The van der Waals surface area contributed by atoms with E-state index in [-0.39, 0.29) is 5.91 Å². The molecule has 0 radical (unpaired) electrons. The number of benzene rings is 2. The van der Waals surface area contributed by atoms with Crippen molar-refractivity contribution in [3.63, 3.8) is 0 Å². The molecule has 1 amide bonds. The molecule has 1 aliphatic rings. The Hall–Kier alpha value is -3.39. The first-order chi connectivity index (χ1) is 16.1. The molecule has 2 aromatic heterocycles. The number of hydrogen-bond acceptors (Lipinski definition) is 6. The second-order valence-electron chi connectivity index (χ2n) is 8.15. The number of rotatable bonds is 7. The molecule has 4 aromatic rings.